The number of amides is 2. The number of hydrogen-bond acceptors (Lipinski definition) is 2. The first kappa shape index (κ1) is 15.4. The van der Waals surface area contributed by atoms with Crippen LogP contribution in [0.2, 0.25) is 0 Å². The summed E-state index contributed by atoms with van der Waals surface area (Å²) < 4.78 is 2.21. The molecule has 3 aromatic rings. The second kappa shape index (κ2) is 6.81. The highest BCUT2D eigenvalue weighted by molar-refractivity contribution is 5.75. The molecule has 3 heterocycles. The molecule has 0 saturated carbocycles. The van der Waals surface area contributed by atoms with Crippen LogP contribution in [0, 0.1) is 0 Å². The van der Waals surface area contributed by atoms with Gasteiger partial charge < -0.3 is 14.8 Å². The van der Waals surface area contributed by atoms with Gasteiger partial charge in [0.15, 0.2) is 0 Å². The Balaban J connectivity index is 1.58. The maximum absolute atomic E-state index is 12.9. The third-order valence-corrected chi connectivity index (χ3v) is 4.59. The van der Waals surface area contributed by atoms with Gasteiger partial charge in [0, 0.05) is 43.9 Å². The summed E-state index contributed by atoms with van der Waals surface area (Å²) in [5.41, 5.74) is 3.24. The highest BCUT2D eigenvalue weighted by atomic mass is 16.2. The van der Waals surface area contributed by atoms with Crippen LogP contribution in [0.4, 0.5) is 4.79 Å². The topological polar surface area (TPSA) is 50.2 Å². The minimum Gasteiger partial charge on any atom is -0.348 e. The van der Waals surface area contributed by atoms with Gasteiger partial charge in [0.2, 0.25) is 0 Å². The van der Waals surface area contributed by atoms with E-state index in [0.717, 1.165) is 23.4 Å². The fourth-order valence-electron chi connectivity index (χ4n) is 3.37. The van der Waals surface area contributed by atoms with Crippen molar-refractivity contribution in [2.24, 2.45) is 0 Å². The van der Waals surface area contributed by atoms with Crippen LogP contribution in [0.1, 0.15) is 22.9 Å². The minimum absolute atomic E-state index is 0.0508. The standard InChI is InChI=1S/C20H20N4O/c25-20(22-14-16-6-2-1-3-7-16)24-13-12-23-11-5-9-18(23)19(24)17-8-4-10-21-15-17/h1-11,15,19H,12-14H2,(H,22,25). The van der Waals surface area contributed by atoms with E-state index < -0.39 is 0 Å². The Labute approximate surface area is 146 Å². The number of rotatable bonds is 3. The van der Waals surface area contributed by atoms with E-state index in [9.17, 15) is 4.79 Å². The molecule has 126 valence electrons. The van der Waals surface area contributed by atoms with Crippen molar-refractivity contribution in [3.63, 3.8) is 0 Å². The van der Waals surface area contributed by atoms with Crippen molar-refractivity contribution in [3.05, 3.63) is 90.0 Å². The summed E-state index contributed by atoms with van der Waals surface area (Å²) in [6.45, 7) is 2.00. The summed E-state index contributed by atoms with van der Waals surface area (Å²) in [5.74, 6) is 0. The van der Waals surface area contributed by atoms with E-state index in [1.54, 1.807) is 6.20 Å². The highest BCUT2D eigenvalue weighted by Crippen LogP contribution is 2.31. The molecule has 4 rings (SSSR count). The zero-order chi connectivity index (χ0) is 17.1. The van der Waals surface area contributed by atoms with Gasteiger partial charge in [0.05, 0.1) is 0 Å². The van der Waals surface area contributed by atoms with Crippen molar-refractivity contribution in [1.82, 2.24) is 19.8 Å². The number of fused-ring (bicyclic) bond motifs is 1. The number of urea groups is 1. The maximum atomic E-state index is 12.9. The van der Waals surface area contributed by atoms with Crippen molar-refractivity contribution in [1.29, 1.82) is 0 Å². The number of nitrogens with zero attached hydrogens (tertiary/aromatic N) is 3. The van der Waals surface area contributed by atoms with Crippen LogP contribution in [-0.4, -0.2) is 27.0 Å². The van der Waals surface area contributed by atoms with Gasteiger partial charge in [-0.2, -0.15) is 0 Å². The SMILES string of the molecule is O=C(NCc1ccccc1)N1CCn2cccc2C1c1cccnc1. The normalized spacial score (nSPS) is 16.3. The molecule has 0 aliphatic carbocycles. The molecule has 5 heteroatoms. The molecule has 0 spiro atoms. The molecule has 1 aliphatic heterocycles. The molecular weight excluding hydrogens is 312 g/mol. The number of benzene rings is 1. The lowest BCUT2D eigenvalue weighted by atomic mass is 10.0. The van der Waals surface area contributed by atoms with Crippen molar-refractivity contribution in [3.8, 4) is 0 Å². The van der Waals surface area contributed by atoms with Gasteiger partial charge in [-0.15, -0.1) is 0 Å². The zero-order valence-corrected chi connectivity index (χ0v) is 13.9. The Kier molecular flexibility index (Phi) is 4.21. The van der Waals surface area contributed by atoms with Crippen LogP contribution < -0.4 is 5.32 Å². The first-order chi connectivity index (χ1) is 12.3. The first-order valence-corrected chi connectivity index (χ1v) is 8.46. The Morgan fingerprint density at radius 3 is 2.76 bits per heavy atom. The average Bonchev–Trinajstić information content (AvgIpc) is 3.15. The van der Waals surface area contributed by atoms with Gasteiger partial charge >= 0.3 is 6.03 Å². The van der Waals surface area contributed by atoms with E-state index >= 15 is 0 Å². The predicted octanol–water partition coefficient (Wildman–Crippen LogP) is 3.20. The van der Waals surface area contributed by atoms with E-state index in [1.807, 2.05) is 59.6 Å². The summed E-state index contributed by atoms with van der Waals surface area (Å²) in [6, 6.07) is 17.8. The van der Waals surface area contributed by atoms with E-state index in [0.29, 0.717) is 13.1 Å². The average molecular weight is 332 g/mol. The van der Waals surface area contributed by atoms with E-state index in [-0.39, 0.29) is 12.1 Å². The molecule has 1 atom stereocenters. The molecule has 1 aromatic carbocycles. The molecular formula is C20H20N4O. The monoisotopic (exact) mass is 332 g/mol. The number of carbonyl (C=O) groups excluding carboxylic acids is 1. The molecule has 25 heavy (non-hydrogen) atoms. The smallest absolute Gasteiger partial charge is 0.318 e. The lowest BCUT2D eigenvalue weighted by molar-refractivity contribution is 0.168. The summed E-state index contributed by atoms with van der Waals surface area (Å²) in [7, 11) is 0. The first-order valence-electron chi connectivity index (χ1n) is 8.46. The van der Waals surface area contributed by atoms with E-state index in [1.165, 1.54) is 0 Å². The van der Waals surface area contributed by atoms with Gasteiger partial charge in [-0.3, -0.25) is 4.98 Å². The van der Waals surface area contributed by atoms with Crippen molar-refractivity contribution < 1.29 is 4.79 Å². The molecule has 1 N–H and O–H groups in total. The highest BCUT2D eigenvalue weighted by Gasteiger charge is 2.32. The van der Waals surface area contributed by atoms with Gasteiger partial charge in [0.1, 0.15) is 6.04 Å². The molecule has 0 bridgehead atoms. The largest absolute Gasteiger partial charge is 0.348 e. The molecule has 1 aliphatic rings. The van der Waals surface area contributed by atoms with Gasteiger partial charge in [0.25, 0.3) is 0 Å². The van der Waals surface area contributed by atoms with E-state index in [2.05, 4.69) is 27.1 Å². The lowest BCUT2D eigenvalue weighted by Gasteiger charge is -2.37. The fourth-order valence-corrected chi connectivity index (χ4v) is 3.37. The summed E-state index contributed by atoms with van der Waals surface area (Å²) in [4.78, 5) is 19.0. The summed E-state index contributed by atoms with van der Waals surface area (Å²) >= 11 is 0. The van der Waals surface area contributed by atoms with Crippen molar-refractivity contribution in [2.45, 2.75) is 19.1 Å². The van der Waals surface area contributed by atoms with Crippen molar-refractivity contribution >= 4 is 6.03 Å². The second-order valence-corrected chi connectivity index (χ2v) is 6.15. The van der Waals surface area contributed by atoms with Gasteiger partial charge in [-0.05, 0) is 29.3 Å². The molecule has 2 amide bonds. The quantitative estimate of drug-likeness (QED) is 0.801. The van der Waals surface area contributed by atoms with Crippen LogP contribution in [0.3, 0.4) is 0 Å². The number of hydrogen-bond donors (Lipinski definition) is 1. The van der Waals surface area contributed by atoms with Crippen LogP contribution in [0.5, 0.6) is 0 Å². The predicted molar refractivity (Wildman–Crippen MR) is 95.9 cm³/mol. The fraction of sp³-hybridized carbons (Fsp3) is 0.200. The van der Waals surface area contributed by atoms with E-state index in [4.69, 9.17) is 0 Å². The molecule has 0 radical (unpaired) electrons. The summed E-state index contributed by atoms with van der Waals surface area (Å²) in [5, 5.41) is 3.05. The molecule has 2 aromatic heterocycles. The Morgan fingerprint density at radius 2 is 1.96 bits per heavy atom. The molecule has 0 saturated heterocycles. The number of carbonyl (C=O) groups is 1. The van der Waals surface area contributed by atoms with Crippen LogP contribution >= 0.6 is 0 Å². The third-order valence-electron chi connectivity index (χ3n) is 4.59. The molecule has 5 nitrogen and oxygen atoms in total. The molecule has 1 unspecified atom stereocenters. The second-order valence-electron chi connectivity index (χ2n) is 6.15. The number of nitrogens with one attached hydrogen (secondary N) is 1. The summed E-state index contributed by atoms with van der Waals surface area (Å²) in [6.07, 6.45) is 5.66. The maximum Gasteiger partial charge on any atom is 0.318 e. The Bertz CT molecular complexity index is 844. The van der Waals surface area contributed by atoms with Crippen LogP contribution in [0.15, 0.2) is 73.2 Å². The minimum atomic E-state index is -0.117. The third kappa shape index (κ3) is 3.13. The van der Waals surface area contributed by atoms with Crippen LogP contribution in [0.25, 0.3) is 0 Å². The van der Waals surface area contributed by atoms with Gasteiger partial charge in [-0.25, -0.2) is 4.79 Å². The lowest BCUT2D eigenvalue weighted by Crippen LogP contribution is -2.47. The number of pyridine rings is 1. The Morgan fingerprint density at radius 1 is 1.08 bits per heavy atom. The number of aromatic nitrogens is 2. The zero-order valence-electron chi connectivity index (χ0n) is 13.9. The Hall–Kier alpha value is -3.08. The van der Waals surface area contributed by atoms with Crippen molar-refractivity contribution in [2.75, 3.05) is 6.54 Å². The van der Waals surface area contributed by atoms with Crippen LogP contribution in [-0.2, 0) is 13.1 Å². The molecule has 0 fully saturated rings. The van der Waals surface area contributed by atoms with Gasteiger partial charge in [-0.1, -0.05) is 36.4 Å².